The van der Waals surface area contributed by atoms with Gasteiger partial charge in [-0.2, -0.15) is 0 Å². The number of nitrogens with one attached hydrogen (secondary N) is 1. The molecule has 0 aromatic carbocycles. The zero-order valence-electron chi connectivity index (χ0n) is 12.0. The predicted octanol–water partition coefficient (Wildman–Crippen LogP) is 0.848. The van der Waals surface area contributed by atoms with E-state index >= 15 is 0 Å². The number of piperazine rings is 1. The van der Waals surface area contributed by atoms with Crippen LogP contribution in [-0.4, -0.2) is 59.5 Å². The Morgan fingerprint density at radius 3 is 3.15 bits per heavy atom. The first kappa shape index (κ1) is 14.0. The predicted molar refractivity (Wildman–Crippen MR) is 79.7 cm³/mol. The molecule has 2 aliphatic heterocycles. The minimum atomic E-state index is 0.257. The van der Waals surface area contributed by atoms with Crippen LogP contribution in [0.3, 0.4) is 0 Å². The van der Waals surface area contributed by atoms with Gasteiger partial charge >= 0.3 is 0 Å². The van der Waals surface area contributed by atoms with Crippen LogP contribution in [0.25, 0.3) is 0 Å². The average molecular weight is 294 g/mol. The molecule has 1 aromatic heterocycles. The van der Waals surface area contributed by atoms with Gasteiger partial charge in [-0.15, -0.1) is 11.3 Å². The number of likely N-dealkylation sites (tertiary alicyclic amines) is 1. The zero-order chi connectivity index (χ0) is 13.9. The number of carbonyl (C=O) groups is 1. The maximum absolute atomic E-state index is 12.0. The highest BCUT2D eigenvalue weighted by Gasteiger charge is 2.29. The smallest absolute Gasteiger partial charge is 0.236 e. The standard InChI is InChI=1S/C14H22N4OS/c1-11-16-12(10-20-11)8-17-5-2-3-13(9-17)18-6-4-15-7-14(18)19/h10,13,15H,2-9H2,1H3. The topological polar surface area (TPSA) is 48.5 Å². The van der Waals surface area contributed by atoms with Crippen LogP contribution in [0.2, 0.25) is 0 Å². The quantitative estimate of drug-likeness (QED) is 0.898. The van der Waals surface area contributed by atoms with E-state index in [1.165, 1.54) is 12.1 Å². The number of nitrogens with zero attached hydrogens (tertiary/aromatic N) is 3. The van der Waals surface area contributed by atoms with Gasteiger partial charge in [-0.05, 0) is 26.3 Å². The zero-order valence-corrected chi connectivity index (χ0v) is 12.8. The van der Waals surface area contributed by atoms with Crippen molar-refractivity contribution in [2.24, 2.45) is 0 Å². The molecule has 5 nitrogen and oxygen atoms in total. The number of amides is 1. The van der Waals surface area contributed by atoms with Crippen molar-refractivity contribution in [2.45, 2.75) is 32.4 Å². The lowest BCUT2D eigenvalue weighted by atomic mass is 10.0. The molecule has 2 aliphatic rings. The van der Waals surface area contributed by atoms with E-state index in [0.29, 0.717) is 12.6 Å². The molecular formula is C14H22N4OS. The third-order valence-corrected chi connectivity index (χ3v) is 4.92. The van der Waals surface area contributed by atoms with Crippen LogP contribution in [0.15, 0.2) is 5.38 Å². The summed E-state index contributed by atoms with van der Waals surface area (Å²) < 4.78 is 0. The van der Waals surface area contributed by atoms with Crippen LogP contribution < -0.4 is 5.32 Å². The molecule has 110 valence electrons. The number of aryl methyl sites for hydroxylation is 1. The molecule has 6 heteroatoms. The average Bonchev–Trinajstić information content (AvgIpc) is 2.85. The first-order valence-electron chi connectivity index (χ1n) is 7.36. The fourth-order valence-corrected chi connectivity index (χ4v) is 3.75. The van der Waals surface area contributed by atoms with Gasteiger partial charge in [0.1, 0.15) is 0 Å². The Morgan fingerprint density at radius 2 is 2.40 bits per heavy atom. The highest BCUT2D eigenvalue weighted by atomic mass is 32.1. The van der Waals surface area contributed by atoms with Crippen molar-refractivity contribution in [3.63, 3.8) is 0 Å². The number of rotatable bonds is 3. The highest BCUT2D eigenvalue weighted by molar-refractivity contribution is 7.09. The fraction of sp³-hybridized carbons (Fsp3) is 0.714. The lowest BCUT2D eigenvalue weighted by Gasteiger charge is -2.41. The van der Waals surface area contributed by atoms with Crippen LogP contribution in [-0.2, 0) is 11.3 Å². The Bertz CT molecular complexity index is 475. The minimum absolute atomic E-state index is 0.257. The van der Waals surface area contributed by atoms with Crippen molar-refractivity contribution in [2.75, 3.05) is 32.7 Å². The lowest BCUT2D eigenvalue weighted by Crippen LogP contribution is -2.56. The van der Waals surface area contributed by atoms with E-state index in [9.17, 15) is 4.79 Å². The van der Waals surface area contributed by atoms with E-state index in [-0.39, 0.29) is 5.91 Å². The number of hydrogen-bond acceptors (Lipinski definition) is 5. The molecule has 1 amide bonds. The second-order valence-electron chi connectivity index (χ2n) is 5.65. The summed E-state index contributed by atoms with van der Waals surface area (Å²) in [6, 6.07) is 0.387. The van der Waals surface area contributed by atoms with Gasteiger partial charge in [0.05, 0.1) is 17.2 Å². The molecule has 1 atom stereocenters. The Morgan fingerprint density at radius 1 is 1.50 bits per heavy atom. The first-order chi connectivity index (χ1) is 9.72. The molecule has 0 aliphatic carbocycles. The van der Waals surface area contributed by atoms with Crippen LogP contribution >= 0.6 is 11.3 Å². The van der Waals surface area contributed by atoms with Gasteiger partial charge in [0.15, 0.2) is 0 Å². The van der Waals surface area contributed by atoms with E-state index in [1.54, 1.807) is 11.3 Å². The van der Waals surface area contributed by atoms with Gasteiger partial charge < -0.3 is 10.2 Å². The van der Waals surface area contributed by atoms with E-state index < -0.39 is 0 Å². The number of hydrogen-bond donors (Lipinski definition) is 1. The second-order valence-corrected chi connectivity index (χ2v) is 6.72. The van der Waals surface area contributed by atoms with E-state index in [4.69, 9.17) is 0 Å². The summed E-state index contributed by atoms with van der Waals surface area (Å²) in [7, 11) is 0. The van der Waals surface area contributed by atoms with E-state index in [1.807, 2.05) is 6.92 Å². The molecule has 3 rings (SSSR count). The molecule has 0 spiro atoms. The molecule has 1 aromatic rings. The Labute approximate surface area is 124 Å². The van der Waals surface area contributed by atoms with Crippen LogP contribution in [0.5, 0.6) is 0 Å². The summed E-state index contributed by atoms with van der Waals surface area (Å²) in [5.41, 5.74) is 1.17. The Balaban J connectivity index is 1.59. The van der Waals surface area contributed by atoms with E-state index in [0.717, 1.165) is 44.2 Å². The van der Waals surface area contributed by atoms with Crippen molar-refractivity contribution in [3.05, 3.63) is 16.1 Å². The molecular weight excluding hydrogens is 272 g/mol. The summed E-state index contributed by atoms with van der Waals surface area (Å²) in [5, 5.41) is 6.42. The van der Waals surface area contributed by atoms with Gasteiger partial charge in [0.25, 0.3) is 0 Å². The van der Waals surface area contributed by atoms with Crippen LogP contribution in [0.4, 0.5) is 0 Å². The van der Waals surface area contributed by atoms with Gasteiger partial charge in [-0.3, -0.25) is 9.69 Å². The van der Waals surface area contributed by atoms with Gasteiger partial charge in [0, 0.05) is 37.6 Å². The molecule has 2 fully saturated rings. The number of piperidine rings is 1. The molecule has 0 saturated carbocycles. The van der Waals surface area contributed by atoms with Crippen molar-refractivity contribution in [3.8, 4) is 0 Å². The number of thiazole rings is 1. The number of aromatic nitrogens is 1. The fourth-order valence-electron chi connectivity index (χ4n) is 3.15. The lowest BCUT2D eigenvalue weighted by molar-refractivity contribution is -0.135. The van der Waals surface area contributed by atoms with Gasteiger partial charge in [0.2, 0.25) is 5.91 Å². The molecule has 0 radical (unpaired) electrons. The van der Waals surface area contributed by atoms with Crippen LogP contribution in [0, 0.1) is 6.92 Å². The molecule has 20 heavy (non-hydrogen) atoms. The molecule has 2 saturated heterocycles. The SMILES string of the molecule is Cc1nc(CN2CCCC(N3CCNCC3=O)C2)cs1. The molecule has 0 bridgehead atoms. The molecule has 1 unspecified atom stereocenters. The summed E-state index contributed by atoms with van der Waals surface area (Å²) in [5.74, 6) is 0.257. The maximum atomic E-state index is 12.0. The highest BCUT2D eigenvalue weighted by Crippen LogP contribution is 2.19. The van der Waals surface area contributed by atoms with Crippen LogP contribution in [0.1, 0.15) is 23.5 Å². The summed E-state index contributed by atoms with van der Waals surface area (Å²) in [6.07, 6.45) is 2.31. The monoisotopic (exact) mass is 294 g/mol. The molecule has 1 N–H and O–H groups in total. The van der Waals surface area contributed by atoms with Gasteiger partial charge in [-0.25, -0.2) is 4.98 Å². The first-order valence-corrected chi connectivity index (χ1v) is 8.24. The second kappa shape index (κ2) is 6.20. The maximum Gasteiger partial charge on any atom is 0.236 e. The Hall–Kier alpha value is -0.980. The van der Waals surface area contributed by atoms with Crippen molar-refractivity contribution in [1.82, 2.24) is 20.1 Å². The minimum Gasteiger partial charge on any atom is -0.336 e. The van der Waals surface area contributed by atoms with Crippen molar-refractivity contribution in [1.29, 1.82) is 0 Å². The molecule has 3 heterocycles. The summed E-state index contributed by atoms with van der Waals surface area (Å²) in [6.45, 7) is 7.35. The summed E-state index contributed by atoms with van der Waals surface area (Å²) in [4.78, 5) is 21.1. The normalized spacial score (nSPS) is 25.1. The Kier molecular flexibility index (Phi) is 4.33. The van der Waals surface area contributed by atoms with Gasteiger partial charge in [-0.1, -0.05) is 0 Å². The third kappa shape index (κ3) is 3.19. The van der Waals surface area contributed by atoms with Crippen molar-refractivity contribution < 1.29 is 4.79 Å². The largest absolute Gasteiger partial charge is 0.336 e. The van der Waals surface area contributed by atoms with E-state index in [2.05, 4.69) is 25.5 Å². The van der Waals surface area contributed by atoms with Crippen molar-refractivity contribution >= 4 is 17.2 Å². The summed E-state index contributed by atoms with van der Waals surface area (Å²) >= 11 is 1.71. The number of carbonyl (C=O) groups excluding carboxylic acids is 1. The third-order valence-electron chi connectivity index (χ3n) is 4.10.